The van der Waals surface area contributed by atoms with Crippen LogP contribution < -0.4 is 5.32 Å². The first-order valence-electron chi connectivity index (χ1n) is 5.69. The second-order valence-electron chi connectivity index (χ2n) is 3.87. The summed E-state index contributed by atoms with van der Waals surface area (Å²) in [7, 11) is 0. The fraction of sp³-hybridized carbons (Fsp3) is 0.417. The van der Waals surface area contributed by atoms with Crippen LogP contribution in [0.25, 0.3) is 0 Å². The molecule has 1 heterocycles. The lowest BCUT2D eigenvalue weighted by Crippen LogP contribution is -2.41. The van der Waals surface area contributed by atoms with E-state index in [9.17, 15) is 9.59 Å². The van der Waals surface area contributed by atoms with E-state index >= 15 is 0 Å². The summed E-state index contributed by atoms with van der Waals surface area (Å²) in [5.41, 5.74) is 0.209. The monoisotopic (exact) mass is 314 g/mol. The van der Waals surface area contributed by atoms with Crippen LogP contribution in [-0.4, -0.2) is 28.0 Å². The molecule has 1 amide bonds. The summed E-state index contributed by atoms with van der Waals surface area (Å²) in [6.45, 7) is 1.97. The van der Waals surface area contributed by atoms with Gasteiger partial charge in [0.05, 0.1) is 0 Å². The predicted molar refractivity (Wildman–Crippen MR) is 70.4 cm³/mol. The van der Waals surface area contributed by atoms with Gasteiger partial charge >= 0.3 is 5.97 Å². The molecule has 1 unspecified atom stereocenters. The molecule has 1 aromatic heterocycles. The van der Waals surface area contributed by atoms with Crippen molar-refractivity contribution in [2.24, 2.45) is 0 Å². The number of pyridine rings is 1. The summed E-state index contributed by atoms with van der Waals surface area (Å²) in [5.74, 6) is -1.49. The fourth-order valence-electron chi connectivity index (χ4n) is 1.41. The highest BCUT2D eigenvalue weighted by molar-refractivity contribution is 9.10. The molecule has 5 nitrogen and oxygen atoms in total. The van der Waals surface area contributed by atoms with E-state index in [1.54, 1.807) is 6.07 Å². The van der Waals surface area contributed by atoms with Crippen LogP contribution in [0.15, 0.2) is 22.8 Å². The van der Waals surface area contributed by atoms with Crippen LogP contribution in [-0.2, 0) is 4.79 Å². The molecule has 0 aliphatic heterocycles. The number of nitrogens with zero attached hydrogens (tertiary/aromatic N) is 1. The van der Waals surface area contributed by atoms with Crippen molar-refractivity contribution in [1.29, 1.82) is 0 Å². The number of carbonyl (C=O) groups excluding carboxylic acids is 1. The molecular weight excluding hydrogens is 300 g/mol. The van der Waals surface area contributed by atoms with E-state index in [0.29, 0.717) is 6.42 Å². The van der Waals surface area contributed by atoms with Gasteiger partial charge in [0.2, 0.25) is 0 Å². The van der Waals surface area contributed by atoms with E-state index in [-0.39, 0.29) is 5.69 Å². The second-order valence-corrected chi connectivity index (χ2v) is 4.78. The van der Waals surface area contributed by atoms with Gasteiger partial charge in [-0.2, -0.15) is 0 Å². The van der Waals surface area contributed by atoms with Gasteiger partial charge in [-0.15, -0.1) is 0 Å². The highest BCUT2D eigenvalue weighted by atomic mass is 79.9. The second kappa shape index (κ2) is 7.10. The van der Waals surface area contributed by atoms with E-state index < -0.39 is 17.9 Å². The van der Waals surface area contributed by atoms with Gasteiger partial charge < -0.3 is 10.4 Å². The van der Waals surface area contributed by atoms with Gasteiger partial charge in [0.1, 0.15) is 11.7 Å². The van der Waals surface area contributed by atoms with Crippen molar-refractivity contribution in [2.45, 2.75) is 32.2 Å². The first-order chi connectivity index (χ1) is 8.54. The van der Waals surface area contributed by atoms with Gasteiger partial charge in [0.25, 0.3) is 5.91 Å². The van der Waals surface area contributed by atoms with Crippen molar-refractivity contribution in [3.05, 3.63) is 28.5 Å². The zero-order chi connectivity index (χ0) is 13.5. The summed E-state index contributed by atoms with van der Waals surface area (Å²) in [4.78, 5) is 26.7. The van der Waals surface area contributed by atoms with E-state index in [4.69, 9.17) is 5.11 Å². The standard InChI is InChI=1S/C12H15BrN2O3/c1-2-3-4-10(12(17)18)15-11(16)9-6-5-8(13)7-14-9/h5-7,10H,2-4H2,1H3,(H,15,16)(H,17,18). The van der Waals surface area contributed by atoms with Crippen LogP contribution >= 0.6 is 15.9 Å². The molecule has 1 atom stereocenters. The maximum Gasteiger partial charge on any atom is 0.326 e. The first-order valence-corrected chi connectivity index (χ1v) is 6.49. The van der Waals surface area contributed by atoms with Crippen LogP contribution in [0.1, 0.15) is 36.7 Å². The minimum absolute atomic E-state index is 0.209. The lowest BCUT2D eigenvalue weighted by Gasteiger charge is -2.13. The van der Waals surface area contributed by atoms with Gasteiger partial charge in [0.15, 0.2) is 0 Å². The van der Waals surface area contributed by atoms with Gasteiger partial charge in [-0.25, -0.2) is 9.78 Å². The lowest BCUT2D eigenvalue weighted by molar-refractivity contribution is -0.139. The highest BCUT2D eigenvalue weighted by Crippen LogP contribution is 2.08. The fourth-order valence-corrected chi connectivity index (χ4v) is 1.64. The number of amides is 1. The van der Waals surface area contributed by atoms with Crippen LogP contribution in [0, 0.1) is 0 Å². The third-order valence-electron chi connectivity index (χ3n) is 2.41. The Bertz CT molecular complexity index is 420. The minimum Gasteiger partial charge on any atom is -0.480 e. The van der Waals surface area contributed by atoms with Gasteiger partial charge in [-0.3, -0.25) is 4.79 Å². The zero-order valence-electron chi connectivity index (χ0n) is 10.0. The Kier molecular flexibility index (Phi) is 5.77. The molecule has 98 valence electrons. The quantitative estimate of drug-likeness (QED) is 0.843. The number of carboxylic acid groups (broad SMARTS) is 1. The molecule has 0 aliphatic carbocycles. The third-order valence-corrected chi connectivity index (χ3v) is 2.88. The van der Waals surface area contributed by atoms with Crippen molar-refractivity contribution >= 4 is 27.8 Å². The number of carboxylic acids is 1. The third kappa shape index (κ3) is 4.44. The number of hydrogen-bond donors (Lipinski definition) is 2. The van der Waals surface area contributed by atoms with Crippen molar-refractivity contribution in [1.82, 2.24) is 10.3 Å². The van der Waals surface area contributed by atoms with Crippen LogP contribution in [0.5, 0.6) is 0 Å². The van der Waals surface area contributed by atoms with Crippen LogP contribution in [0.3, 0.4) is 0 Å². The van der Waals surface area contributed by atoms with Crippen molar-refractivity contribution in [2.75, 3.05) is 0 Å². The number of halogens is 1. The lowest BCUT2D eigenvalue weighted by atomic mass is 10.1. The Morgan fingerprint density at radius 1 is 1.50 bits per heavy atom. The smallest absolute Gasteiger partial charge is 0.326 e. The Hall–Kier alpha value is -1.43. The van der Waals surface area contributed by atoms with Crippen molar-refractivity contribution in [3.8, 4) is 0 Å². The summed E-state index contributed by atoms with van der Waals surface area (Å²) in [6.07, 6.45) is 3.56. The molecule has 0 fully saturated rings. The molecule has 1 rings (SSSR count). The Balaban J connectivity index is 2.66. The van der Waals surface area contributed by atoms with Crippen molar-refractivity contribution < 1.29 is 14.7 Å². The van der Waals surface area contributed by atoms with E-state index in [1.165, 1.54) is 12.3 Å². The van der Waals surface area contributed by atoms with E-state index in [1.807, 2.05) is 6.92 Å². The first kappa shape index (κ1) is 14.6. The Labute approximate surface area is 114 Å². The largest absolute Gasteiger partial charge is 0.480 e. The van der Waals surface area contributed by atoms with Gasteiger partial charge in [0, 0.05) is 10.7 Å². The average Bonchev–Trinajstić information content (AvgIpc) is 2.34. The van der Waals surface area contributed by atoms with E-state index in [2.05, 4.69) is 26.2 Å². The average molecular weight is 315 g/mol. The Morgan fingerprint density at radius 3 is 2.72 bits per heavy atom. The minimum atomic E-state index is -1.02. The zero-order valence-corrected chi connectivity index (χ0v) is 11.6. The highest BCUT2D eigenvalue weighted by Gasteiger charge is 2.20. The topological polar surface area (TPSA) is 79.3 Å². The molecule has 0 aliphatic rings. The van der Waals surface area contributed by atoms with Crippen LogP contribution in [0.2, 0.25) is 0 Å². The number of carbonyl (C=O) groups is 2. The van der Waals surface area contributed by atoms with E-state index in [0.717, 1.165) is 17.3 Å². The molecule has 18 heavy (non-hydrogen) atoms. The number of aromatic nitrogens is 1. The normalized spacial score (nSPS) is 11.9. The molecule has 0 aromatic carbocycles. The molecule has 0 saturated heterocycles. The van der Waals surface area contributed by atoms with Gasteiger partial charge in [-0.05, 0) is 34.5 Å². The Morgan fingerprint density at radius 2 is 2.22 bits per heavy atom. The maximum absolute atomic E-state index is 11.8. The molecule has 0 saturated carbocycles. The number of nitrogens with one attached hydrogen (secondary N) is 1. The molecule has 0 bridgehead atoms. The molecule has 1 aromatic rings. The maximum atomic E-state index is 11.8. The summed E-state index contributed by atoms with van der Waals surface area (Å²) in [5, 5.41) is 11.5. The molecule has 0 radical (unpaired) electrons. The van der Waals surface area contributed by atoms with Crippen LogP contribution in [0.4, 0.5) is 0 Å². The van der Waals surface area contributed by atoms with Gasteiger partial charge in [-0.1, -0.05) is 19.8 Å². The van der Waals surface area contributed by atoms with Crippen molar-refractivity contribution in [3.63, 3.8) is 0 Å². The SMILES string of the molecule is CCCCC(NC(=O)c1ccc(Br)cn1)C(=O)O. The molecule has 6 heteroatoms. The molecular formula is C12H15BrN2O3. The molecule has 0 spiro atoms. The summed E-state index contributed by atoms with van der Waals surface area (Å²) >= 11 is 3.21. The number of unbranched alkanes of at least 4 members (excludes halogenated alkanes) is 1. The predicted octanol–water partition coefficient (Wildman–Crippen LogP) is 2.22. The number of aliphatic carboxylic acids is 1. The number of rotatable bonds is 6. The summed E-state index contributed by atoms with van der Waals surface area (Å²) in [6, 6.07) is 2.37. The molecule has 2 N–H and O–H groups in total. The number of hydrogen-bond acceptors (Lipinski definition) is 3. The summed E-state index contributed by atoms with van der Waals surface area (Å²) < 4.78 is 0.764.